The lowest BCUT2D eigenvalue weighted by Gasteiger charge is -2.15. The van der Waals surface area contributed by atoms with Gasteiger partial charge in [-0.05, 0) is 12.8 Å². The van der Waals surface area contributed by atoms with Crippen molar-refractivity contribution in [3.05, 3.63) is 0 Å². The molecule has 1 unspecified atom stereocenters. The van der Waals surface area contributed by atoms with Crippen LogP contribution in [0.15, 0.2) is 5.10 Å². The van der Waals surface area contributed by atoms with E-state index in [2.05, 4.69) is 17.5 Å². The number of carbonyl (C=O) groups is 1. The molecule has 0 saturated heterocycles. The molecule has 1 heterocycles. The van der Waals surface area contributed by atoms with E-state index < -0.39 is 0 Å². The Bertz CT molecular complexity index is 290. The summed E-state index contributed by atoms with van der Waals surface area (Å²) in [5, 5.41) is 13.9. The van der Waals surface area contributed by atoms with Crippen LogP contribution in [-0.4, -0.2) is 22.8 Å². The maximum absolute atomic E-state index is 10.9. The molecule has 4 heteroatoms. The second-order valence-corrected chi connectivity index (χ2v) is 5.48. The summed E-state index contributed by atoms with van der Waals surface area (Å²) in [6.45, 7) is 2.23. The van der Waals surface area contributed by atoms with Crippen LogP contribution in [0.25, 0.3) is 0 Å². The molecule has 1 atom stereocenters. The van der Waals surface area contributed by atoms with Gasteiger partial charge in [-0.1, -0.05) is 51.9 Å². The molecule has 1 aliphatic heterocycles. The number of aliphatic hydroxyl groups is 1. The largest absolute Gasteiger partial charge is 0.393 e. The highest BCUT2D eigenvalue weighted by atomic mass is 16.3. The summed E-state index contributed by atoms with van der Waals surface area (Å²) in [4.78, 5) is 10.9. The summed E-state index contributed by atoms with van der Waals surface area (Å²) in [5.41, 5.74) is 3.40. The highest BCUT2D eigenvalue weighted by Gasteiger charge is 2.14. The van der Waals surface area contributed by atoms with Crippen LogP contribution in [0.4, 0.5) is 0 Å². The van der Waals surface area contributed by atoms with Crippen molar-refractivity contribution in [3.63, 3.8) is 0 Å². The van der Waals surface area contributed by atoms with E-state index in [-0.39, 0.29) is 12.0 Å². The minimum atomic E-state index is -0.301. The number of rotatable bonds is 10. The maximum Gasteiger partial charge on any atom is 0.240 e. The van der Waals surface area contributed by atoms with Gasteiger partial charge in [-0.3, -0.25) is 4.79 Å². The van der Waals surface area contributed by atoms with Crippen LogP contribution < -0.4 is 5.43 Å². The highest BCUT2D eigenvalue weighted by molar-refractivity contribution is 5.92. The molecule has 0 fully saturated rings. The molecule has 0 aliphatic carbocycles. The molecule has 0 aromatic rings. The summed E-state index contributed by atoms with van der Waals surface area (Å²) >= 11 is 0. The van der Waals surface area contributed by atoms with Crippen LogP contribution in [0.2, 0.25) is 0 Å². The Balaban J connectivity index is 1.99. The standard InChI is InChI=1S/C15H28N2O2/c1-2-3-4-5-6-7-8-9-14(18)12-13-10-11-15(19)17-16-13/h14,18H,2-12H2,1H3,(H,17,19). The Hall–Kier alpha value is -0.900. The molecule has 0 radical (unpaired) electrons. The zero-order valence-electron chi connectivity index (χ0n) is 12.2. The number of nitrogens with one attached hydrogen (secondary N) is 1. The first-order valence-electron chi connectivity index (χ1n) is 7.74. The number of hydrogen-bond acceptors (Lipinski definition) is 3. The van der Waals surface area contributed by atoms with E-state index in [1.807, 2.05) is 0 Å². The lowest BCUT2D eigenvalue weighted by atomic mass is 10.0. The van der Waals surface area contributed by atoms with Crippen molar-refractivity contribution in [1.82, 2.24) is 5.43 Å². The summed E-state index contributed by atoms with van der Waals surface area (Å²) in [5.74, 6) is -0.0229. The van der Waals surface area contributed by atoms with E-state index >= 15 is 0 Å². The van der Waals surface area contributed by atoms with Crippen LogP contribution in [0.3, 0.4) is 0 Å². The van der Waals surface area contributed by atoms with Gasteiger partial charge in [-0.15, -0.1) is 0 Å². The SMILES string of the molecule is CCCCCCCCCC(O)CC1=NNC(=O)CC1. The summed E-state index contributed by atoms with van der Waals surface area (Å²) < 4.78 is 0. The molecule has 0 bridgehead atoms. The van der Waals surface area contributed by atoms with Gasteiger partial charge >= 0.3 is 0 Å². The average Bonchev–Trinajstić information content (AvgIpc) is 2.40. The van der Waals surface area contributed by atoms with Gasteiger partial charge in [0.05, 0.1) is 6.10 Å². The van der Waals surface area contributed by atoms with E-state index in [9.17, 15) is 9.90 Å². The average molecular weight is 268 g/mol. The molecule has 0 spiro atoms. The van der Waals surface area contributed by atoms with Gasteiger partial charge in [0.2, 0.25) is 5.91 Å². The minimum absolute atomic E-state index is 0.0229. The number of hydrazone groups is 1. The number of aliphatic hydroxyl groups excluding tert-OH is 1. The van der Waals surface area contributed by atoms with Crippen LogP contribution in [-0.2, 0) is 4.79 Å². The molecular formula is C15H28N2O2. The van der Waals surface area contributed by atoms with E-state index in [0.29, 0.717) is 19.3 Å². The van der Waals surface area contributed by atoms with Crippen molar-refractivity contribution >= 4 is 11.6 Å². The minimum Gasteiger partial charge on any atom is -0.393 e. The van der Waals surface area contributed by atoms with Crippen LogP contribution in [0.5, 0.6) is 0 Å². The Labute approximate surface area is 116 Å². The lowest BCUT2D eigenvalue weighted by Crippen LogP contribution is -2.27. The molecule has 0 aromatic heterocycles. The zero-order chi connectivity index (χ0) is 13.9. The third-order valence-electron chi connectivity index (χ3n) is 3.59. The van der Waals surface area contributed by atoms with Gasteiger partial charge in [0, 0.05) is 18.6 Å². The molecule has 1 aliphatic rings. The lowest BCUT2D eigenvalue weighted by molar-refractivity contribution is -0.121. The predicted octanol–water partition coefficient (Wildman–Crippen LogP) is 3.14. The topological polar surface area (TPSA) is 61.7 Å². The zero-order valence-corrected chi connectivity index (χ0v) is 12.2. The number of amides is 1. The predicted molar refractivity (Wildman–Crippen MR) is 78.0 cm³/mol. The molecule has 0 aromatic carbocycles. The second kappa shape index (κ2) is 9.96. The molecule has 2 N–H and O–H groups in total. The number of carbonyl (C=O) groups excluding carboxylic acids is 1. The normalized spacial score (nSPS) is 16.9. The van der Waals surface area contributed by atoms with E-state index in [0.717, 1.165) is 18.6 Å². The van der Waals surface area contributed by atoms with Crippen molar-refractivity contribution < 1.29 is 9.90 Å². The number of nitrogens with zero attached hydrogens (tertiary/aromatic N) is 1. The van der Waals surface area contributed by atoms with Gasteiger partial charge in [0.1, 0.15) is 0 Å². The van der Waals surface area contributed by atoms with Crippen molar-refractivity contribution in [1.29, 1.82) is 0 Å². The first-order valence-corrected chi connectivity index (χ1v) is 7.74. The quantitative estimate of drug-likeness (QED) is 0.598. The van der Waals surface area contributed by atoms with E-state index in [4.69, 9.17) is 0 Å². The molecule has 0 saturated carbocycles. The van der Waals surface area contributed by atoms with E-state index in [1.54, 1.807) is 0 Å². The molecular weight excluding hydrogens is 240 g/mol. The Morgan fingerprint density at radius 1 is 1.16 bits per heavy atom. The second-order valence-electron chi connectivity index (χ2n) is 5.48. The summed E-state index contributed by atoms with van der Waals surface area (Å²) in [6, 6.07) is 0. The maximum atomic E-state index is 10.9. The highest BCUT2D eigenvalue weighted by Crippen LogP contribution is 2.13. The Morgan fingerprint density at radius 2 is 1.84 bits per heavy atom. The van der Waals surface area contributed by atoms with Crippen molar-refractivity contribution in [3.8, 4) is 0 Å². The van der Waals surface area contributed by atoms with Crippen LogP contribution >= 0.6 is 0 Å². The number of unbranched alkanes of at least 4 members (excludes halogenated alkanes) is 6. The summed E-state index contributed by atoms with van der Waals surface area (Å²) in [6.07, 6.45) is 11.2. The van der Waals surface area contributed by atoms with Crippen LogP contribution in [0.1, 0.15) is 77.6 Å². The van der Waals surface area contributed by atoms with Crippen molar-refractivity contribution in [2.75, 3.05) is 0 Å². The Kier molecular flexibility index (Phi) is 8.47. The third kappa shape index (κ3) is 7.98. The first-order chi connectivity index (χ1) is 9.22. The first kappa shape index (κ1) is 16.2. The fourth-order valence-electron chi connectivity index (χ4n) is 2.37. The molecule has 19 heavy (non-hydrogen) atoms. The van der Waals surface area contributed by atoms with Gasteiger partial charge in [-0.2, -0.15) is 5.10 Å². The van der Waals surface area contributed by atoms with Crippen molar-refractivity contribution in [2.24, 2.45) is 5.10 Å². The van der Waals surface area contributed by atoms with Gasteiger partial charge in [0.25, 0.3) is 0 Å². The van der Waals surface area contributed by atoms with Gasteiger partial charge < -0.3 is 5.11 Å². The van der Waals surface area contributed by atoms with Gasteiger partial charge in [0.15, 0.2) is 0 Å². The van der Waals surface area contributed by atoms with Crippen LogP contribution in [0, 0.1) is 0 Å². The molecule has 1 amide bonds. The summed E-state index contributed by atoms with van der Waals surface area (Å²) in [7, 11) is 0. The van der Waals surface area contributed by atoms with E-state index in [1.165, 1.54) is 38.5 Å². The third-order valence-corrected chi connectivity index (χ3v) is 3.59. The molecule has 110 valence electrons. The monoisotopic (exact) mass is 268 g/mol. The molecule has 1 rings (SSSR count). The fraction of sp³-hybridized carbons (Fsp3) is 0.867. The van der Waals surface area contributed by atoms with Gasteiger partial charge in [-0.25, -0.2) is 5.43 Å². The van der Waals surface area contributed by atoms with Crippen molar-refractivity contribution in [2.45, 2.75) is 83.7 Å². The molecule has 4 nitrogen and oxygen atoms in total. The fourth-order valence-corrected chi connectivity index (χ4v) is 2.37. The smallest absolute Gasteiger partial charge is 0.240 e. The number of hydrogen-bond donors (Lipinski definition) is 2. The Morgan fingerprint density at radius 3 is 2.47 bits per heavy atom.